The van der Waals surface area contributed by atoms with Crippen LogP contribution in [0.2, 0.25) is 0 Å². The third-order valence-corrected chi connectivity index (χ3v) is 2.91. The van der Waals surface area contributed by atoms with Crippen LogP contribution in [0.15, 0.2) is 0 Å². The van der Waals surface area contributed by atoms with E-state index >= 15 is 0 Å². The maximum absolute atomic E-state index is 8.67. The zero-order valence-corrected chi connectivity index (χ0v) is 8.05. The molecule has 2 nitrogen and oxygen atoms in total. The monoisotopic (exact) mass is 171 g/mol. The van der Waals surface area contributed by atoms with E-state index in [9.17, 15) is 0 Å². The molecule has 0 aromatic rings. The Bertz CT molecular complexity index is 108. The smallest absolute Gasteiger partial charge is 0.0431 e. The Morgan fingerprint density at radius 3 is 2.75 bits per heavy atom. The second-order valence-electron chi connectivity index (χ2n) is 3.82. The standard InChI is InChI=1S/C10H21NO/c1-2-9-5-6-10(11-8-9)4-3-7-12/h9-12H,2-8H2,1H3. The normalized spacial score (nSPS) is 30.5. The molecule has 0 radical (unpaired) electrons. The second-order valence-corrected chi connectivity index (χ2v) is 3.82. The minimum Gasteiger partial charge on any atom is -0.396 e. The lowest BCUT2D eigenvalue weighted by Crippen LogP contribution is -2.38. The van der Waals surface area contributed by atoms with Gasteiger partial charge in [-0.2, -0.15) is 0 Å². The van der Waals surface area contributed by atoms with E-state index in [1.807, 2.05) is 0 Å². The van der Waals surface area contributed by atoms with Crippen LogP contribution in [0.4, 0.5) is 0 Å². The molecule has 1 saturated heterocycles. The molecule has 0 aliphatic carbocycles. The van der Waals surface area contributed by atoms with Crippen molar-refractivity contribution < 1.29 is 5.11 Å². The summed E-state index contributed by atoms with van der Waals surface area (Å²) in [4.78, 5) is 0. The number of hydrogen-bond acceptors (Lipinski definition) is 2. The van der Waals surface area contributed by atoms with Crippen molar-refractivity contribution in [3.8, 4) is 0 Å². The summed E-state index contributed by atoms with van der Waals surface area (Å²) in [6.07, 6.45) is 6.08. The molecule has 0 bridgehead atoms. The van der Waals surface area contributed by atoms with Crippen molar-refractivity contribution in [2.45, 2.75) is 45.1 Å². The number of hydrogen-bond donors (Lipinski definition) is 2. The highest BCUT2D eigenvalue weighted by Gasteiger charge is 2.18. The molecule has 2 unspecified atom stereocenters. The Morgan fingerprint density at radius 1 is 1.42 bits per heavy atom. The number of nitrogens with one attached hydrogen (secondary N) is 1. The minimum absolute atomic E-state index is 0.343. The van der Waals surface area contributed by atoms with E-state index in [-0.39, 0.29) is 0 Å². The lowest BCUT2D eigenvalue weighted by atomic mass is 9.91. The van der Waals surface area contributed by atoms with E-state index in [1.54, 1.807) is 0 Å². The fraction of sp³-hybridized carbons (Fsp3) is 1.00. The Kier molecular flexibility index (Phi) is 4.62. The van der Waals surface area contributed by atoms with Crippen LogP contribution >= 0.6 is 0 Å². The highest BCUT2D eigenvalue weighted by Crippen LogP contribution is 2.19. The molecule has 0 amide bonds. The fourth-order valence-corrected chi connectivity index (χ4v) is 1.91. The zero-order valence-electron chi connectivity index (χ0n) is 8.05. The van der Waals surface area contributed by atoms with Crippen molar-refractivity contribution in [3.05, 3.63) is 0 Å². The number of piperidine rings is 1. The molecule has 12 heavy (non-hydrogen) atoms. The highest BCUT2D eigenvalue weighted by molar-refractivity contribution is 4.76. The first-order chi connectivity index (χ1) is 5.86. The third-order valence-electron chi connectivity index (χ3n) is 2.91. The van der Waals surface area contributed by atoms with E-state index in [0.29, 0.717) is 12.6 Å². The largest absolute Gasteiger partial charge is 0.396 e. The molecule has 2 heteroatoms. The Hall–Kier alpha value is -0.0800. The summed E-state index contributed by atoms with van der Waals surface area (Å²) >= 11 is 0. The molecule has 0 saturated carbocycles. The van der Waals surface area contributed by atoms with Crippen LogP contribution in [0.3, 0.4) is 0 Å². The molecule has 72 valence electrons. The summed E-state index contributed by atoms with van der Waals surface area (Å²) in [6, 6.07) is 0.681. The topological polar surface area (TPSA) is 32.3 Å². The van der Waals surface area contributed by atoms with Crippen LogP contribution < -0.4 is 5.32 Å². The van der Waals surface area contributed by atoms with Gasteiger partial charge in [0.1, 0.15) is 0 Å². The molecule has 1 aliphatic rings. The summed E-state index contributed by atoms with van der Waals surface area (Å²) < 4.78 is 0. The molecule has 0 spiro atoms. The van der Waals surface area contributed by atoms with Gasteiger partial charge < -0.3 is 10.4 Å². The molecule has 0 aromatic heterocycles. The van der Waals surface area contributed by atoms with E-state index < -0.39 is 0 Å². The molecule has 1 fully saturated rings. The van der Waals surface area contributed by atoms with Gasteiger partial charge in [-0.3, -0.25) is 0 Å². The lowest BCUT2D eigenvalue weighted by molar-refractivity contribution is 0.249. The first-order valence-electron chi connectivity index (χ1n) is 5.21. The minimum atomic E-state index is 0.343. The van der Waals surface area contributed by atoms with Crippen LogP contribution in [0, 0.1) is 5.92 Å². The van der Waals surface area contributed by atoms with Crippen LogP contribution in [0.1, 0.15) is 39.0 Å². The zero-order chi connectivity index (χ0) is 8.81. The fourth-order valence-electron chi connectivity index (χ4n) is 1.91. The van der Waals surface area contributed by atoms with Gasteiger partial charge in [-0.05, 0) is 38.1 Å². The van der Waals surface area contributed by atoms with Gasteiger partial charge in [0.2, 0.25) is 0 Å². The van der Waals surface area contributed by atoms with Gasteiger partial charge in [0, 0.05) is 12.6 Å². The third kappa shape index (κ3) is 3.11. The Balaban J connectivity index is 2.09. The number of aliphatic hydroxyl groups is 1. The van der Waals surface area contributed by atoms with E-state index in [0.717, 1.165) is 18.8 Å². The van der Waals surface area contributed by atoms with E-state index in [4.69, 9.17) is 5.11 Å². The molecular weight excluding hydrogens is 150 g/mol. The summed E-state index contributed by atoms with van der Waals surface area (Å²) in [5.74, 6) is 0.898. The molecule has 1 rings (SSSR count). The van der Waals surface area contributed by atoms with Gasteiger partial charge in [-0.15, -0.1) is 0 Å². The average molecular weight is 171 g/mol. The molecule has 1 heterocycles. The Morgan fingerprint density at radius 2 is 2.25 bits per heavy atom. The average Bonchev–Trinajstić information content (AvgIpc) is 2.15. The van der Waals surface area contributed by atoms with Crippen molar-refractivity contribution in [2.75, 3.05) is 13.2 Å². The predicted molar refractivity (Wildman–Crippen MR) is 51.1 cm³/mol. The molecule has 2 atom stereocenters. The first kappa shape index (κ1) is 10.0. The van der Waals surface area contributed by atoms with Crippen molar-refractivity contribution in [1.29, 1.82) is 0 Å². The molecule has 2 N–H and O–H groups in total. The van der Waals surface area contributed by atoms with Crippen molar-refractivity contribution >= 4 is 0 Å². The van der Waals surface area contributed by atoms with Gasteiger partial charge in [-0.25, -0.2) is 0 Å². The second kappa shape index (κ2) is 5.55. The van der Waals surface area contributed by atoms with Crippen LogP contribution in [0.25, 0.3) is 0 Å². The first-order valence-corrected chi connectivity index (χ1v) is 5.21. The molecule has 1 aliphatic heterocycles. The summed E-state index contributed by atoms with van der Waals surface area (Å²) in [5, 5.41) is 12.2. The van der Waals surface area contributed by atoms with Gasteiger partial charge in [0.15, 0.2) is 0 Å². The van der Waals surface area contributed by atoms with Crippen molar-refractivity contribution in [2.24, 2.45) is 5.92 Å². The molecule has 0 aromatic carbocycles. The van der Waals surface area contributed by atoms with E-state index in [1.165, 1.54) is 25.8 Å². The van der Waals surface area contributed by atoms with Gasteiger partial charge in [0.05, 0.1) is 0 Å². The van der Waals surface area contributed by atoms with Crippen LogP contribution in [0.5, 0.6) is 0 Å². The lowest BCUT2D eigenvalue weighted by Gasteiger charge is -2.29. The number of rotatable bonds is 4. The Labute approximate surface area is 75.4 Å². The highest BCUT2D eigenvalue weighted by atomic mass is 16.2. The predicted octanol–water partition coefficient (Wildman–Crippen LogP) is 1.54. The van der Waals surface area contributed by atoms with Crippen molar-refractivity contribution in [3.63, 3.8) is 0 Å². The summed E-state index contributed by atoms with van der Waals surface area (Å²) in [6.45, 7) is 3.79. The number of aliphatic hydroxyl groups excluding tert-OH is 1. The van der Waals surface area contributed by atoms with Crippen LogP contribution in [-0.4, -0.2) is 24.3 Å². The van der Waals surface area contributed by atoms with E-state index in [2.05, 4.69) is 12.2 Å². The maximum Gasteiger partial charge on any atom is 0.0431 e. The summed E-state index contributed by atoms with van der Waals surface area (Å²) in [7, 11) is 0. The molecular formula is C10H21NO. The quantitative estimate of drug-likeness (QED) is 0.672. The van der Waals surface area contributed by atoms with Gasteiger partial charge >= 0.3 is 0 Å². The van der Waals surface area contributed by atoms with Gasteiger partial charge in [0.25, 0.3) is 0 Å². The van der Waals surface area contributed by atoms with Gasteiger partial charge in [-0.1, -0.05) is 13.3 Å². The van der Waals surface area contributed by atoms with Crippen molar-refractivity contribution in [1.82, 2.24) is 5.32 Å². The van der Waals surface area contributed by atoms with Crippen LogP contribution in [-0.2, 0) is 0 Å². The summed E-state index contributed by atoms with van der Waals surface area (Å²) in [5.41, 5.74) is 0. The maximum atomic E-state index is 8.67. The SMILES string of the molecule is CCC1CCC(CCCO)NC1.